The topological polar surface area (TPSA) is 71.4 Å². The number of fused-ring (bicyclic) bond motifs is 3. The molecule has 2 aromatic rings. The van der Waals surface area contributed by atoms with Gasteiger partial charge in [-0.3, -0.25) is 9.79 Å². The summed E-state index contributed by atoms with van der Waals surface area (Å²) in [6.07, 6.45) is 3.91. The number of aliphatic imine (C=N–C) groups is 1. The van der Waals surface area contributed by atoms with Crippen LogP contribution in [0.5, 0.6) is 11.5 Å². The third-order valence-electron chi connectivity index (χ3n) is 7.13. The number of nitrogens with zero attached hydrogens (tertiary/aromatic N) is 2. The monoisotopic (exact) mass is 476 g/mol. The fourth-order valence-electron chi connectivity index (χ4n) is 5.82. The fraction of sp³-hybridized carbons (Fsp3) is 0.517. The molecule has 0 spiro atoms. The summed E-state index contributed by atoms with van der Waals surface area (Å²) >= 11 is 0. The number of anilines is 1. The Kier molecular flexibility index (Phi) is 5.81. The number of hydrogen-bond acceptors (Lipinski definition) is 5. The molecule has 1 fully saturated rings. The largest absolute Gasteiger partial charge is 0.490 e. The molecule has 0 amide bonds. The molecule has 3 aliphatic rings. The first-order valence-corrected chi connectivity index (χ1v) is 12.8. The van der Waals surface area contributed by atoms with Crippen LogP contribution in [-0.4, -0.2) is 47.6 Å². The van der Waals surface area contributed by atoms with Crippen LogP contribution in [0.25, 0.3) is 0 Å². The van der Waals surface area contributed by atoms with E-state index in [0.29, 0.717) is 6.61 Å². The normalized spacial score (nSPS) is 19.6. The van der Waals surface area contributed by atoms with Crippen LogP contribution < -0.4 is 14.4 Å². The first-order chi connectivity index (χ1) is 16.6. The maximum atomic E-state index is 11.6. The summed E-state index contributed by atoms with van der Waals surface area (Å²) < 4.78 is 12.4. The van der Waals surface area contributed by atoms with Gasteiger partial charge >= 0.3 is 5.97 Å². The van der Waals surface area contributed by atoms with Gasteiger partial charge in [-0.15, -0.1) is 0 Å². The molecule has 6 heteroatoms. The van der Waals surface area contributed by atoms with Gasteiger partial charge in [-0.25, -0.2) is 0 Å². The lowest BCUT2D eigenvalue weighted by atomic mass is 9.80. The van der Waals surface area contributed by atoms with E-state index in [9.17, 15) is 9.90 Å². The highest BCUT2D eigenvalue weighted by molar-refractivity contribution is 6.16. The van der Waals surface area contributed by atoms with Gasteiger partial charge in [0.25, 0.3) is 0 Å². The molecule has 6 nitrogen and oxygen atoms in total. The van der Waals surface area contributed by atoms with Crippen molar-refractivity contribution in [1.29, 1.82) is 0 Å². The van der Waals surface area contributed by atoms with E-state index in [4.69, 9.17) is 14.5 Å². The number of carboxylic acid groups (broad SMARTS) is 1. The Hall–Kier alpha value is -3.02. The molecule has 0 atom stereocenters. The van der Waals surface area contributed by atoms with E-state index in [0.717, 1.165) is 78.4 Å². The maximum Gasteiger partial charge on any atom is 0.307 e. The molecule has 1 N–H and O–H groups in total. The summed E-state index contributed by atoms with van der Waals surface area (Å²) in [5.74, 6) is 0.851. The summed E-state index contributed by atoms with van der Waals surface area (Å²) in [6, 6.07) is 8.34. The lowest BCUT2D eigenvalue weighted by molar-refractivity contribution is -0.136. The molecule has 2 aromatic carbocycles. The Bertz CT molecular complexity index is 1210. The fourth-order valence-corrected chi connectivity index (χ4v) is 5.82. The van der Waals surface area contributed by atoms with Crippen LogP contribution in [0.3, 0.4) is 0 Å². The Morgan fingerprint density at radius 3 is 2.57 bits per heavy atom. The van der Waals surface area contributed by atoms with Crippen molar-refractivity contribution in [2.24, 2.45) is 4.99 Å². The van der Waals surface area contributed by atoms with Crippen LogP contribution in [0.2, 0.25) is 0 Å². The first kappa shape index (κ1) is 23.7. The Labute approximate surface area is 208 Å². The average molecular weight is 477 g/mol. The highest BCUT2D eigenvalue weighted by Gasteiger charge is 2.40. The molecule has 186 valence electrons. The molecular formula is C29H36N2O4. The van der Waals surface area contributed by atoms with Gasteiger partial charge in [-0.05, 0) is 77.1 Å². The van der Waals surface area contributed by atoms with Gasteiger partial charge in [-0.1, -0.05) is 12.1 Å². The summed E-state index contributed by atoms with van der Waals surface area (Å²) in [7, 11) is 0. The standard InChI is InChI=1S/C29H36N2O4/c1-6-34-23-14-20-16-28(2,3)30-26(25(20)21-17-29(4,5)35-27(21)23)19-10-9-18(15-24(32)33)22(13-19)31-11-7-8-12-31/h9-10,13-14H,6-8,11-12,15-17H2,1-5H3,(H,32,33). The van der Waals surface area contributed by atoms with E-state index in [1.54, 1.807) is 0 Å². The highest BCUT2D eigenvalue weighted by Crippen LogP contribution is 2.48. The second-order valence-corrected chi connectivity index (χ2v) is 11.2. The minimum absolute atomic E-state index is 0.0236. The van der Waals surface area contributed by atoms with Gasteiger partial charge in [0.15, 0.2) is 11.5 Å². The molecule has 0 unspecified atom stereocenters. The zero-order valence-electron chi connectivity index (χ0n) is 21.5. The average Bonchev–Trinajstić information content (AvgIpc) is 3.40. The van der Waals surface area contributed by atoms with Crippen molar-refractivity contribution < 1.29 is 19.4 Å². The summed E-state index contributed by atoms with van der Waals surface area (Å²) in [5.41, 5.74) is 6.88. The molecule has 0 aromatic heterocycles. The van der Waals surface area contributed by atoms with E-state index < -0.39 is 5.97 Å². The minimum Gasteiger partial charge on any atom is -0.490 e. The highest BCUT2D eigenvalue weighted by atomic mass is 16.5. The van der Waals surface area contributed by atoms with Gasteiger partial charge in [0.1, 0.15) is 5.60 Å². The number of carboxylic acids is 1. The lowest BCUT2D eigenvalue weighted by Crippen LogP contribution is -2.31. The Balaban J connectivity index is 1.69. The molecule has 3 heterocycles. The van der Waals surface area contributed by atoms with Crippen molar-refractivity contribution in [3.8, 4) is 11.5 Å². The quantitative estimate of drug-likeness (QED) is 0.621. The molecule has 5 rings (SSSR count). The number of carbonyl (C=O) groups is 1. The van der Waals surface area contributed by atoms with Gasteiger partial charge in [0, 0.05) is 41.9 Å². The number of benzene rings is 2. The predicted octanol–water partition coefficient (Wildman–Crippen LogP) is 5.20. The molecule has 0 bridgehead atoms. The summed E-state index contributed by atoms with van der Waals surface area (Å²) in [6.45, 7) is 13.1. The molecule has 0 radical (unpaired) electrons. The molecule has 3 aliphatic heterocycles. The van der Waals surface area contributed by atoms with Crippen molar-refractivity contribution in [2.45, 2.75) is 77.9 Å². The van der Waals surface area contributed by atoms with Gasteiger partial charge in [0.05, 0.1) is 24.3 Å². The second kappa shape index (κ2) is 8.58. The van der Waals surface area contributed by atoms with E-state index in [1.807, 2.05) is 19.1 Å². The zero-order valence-corrected chi connectivity index (χ0v) is 21.5. The number of hydrogen-bond donors (Lipinski definition) is 1. The van der Waals surface area contributed by atoms with E-state index in [1.165, 1.54) is 11.1 Å². The lowest BCUT2D eigenvalue weighted by Gasteiger charge is -2.31. The van der Waals surface area contributed by atoms with Crippen molar-refractivity contribution in [1.82, 2.24) is 0 Å². The van der Waals surface area contributed by atoms with Crippen molar-refractivity contribution in [2.75, 3.05) is 24.6 Å². The van der Waals surface area contributed by atoms with Crippen molar-refractivity contribution in [3.63, 3.8) is 0 Å². The van der Waals surface area contributed by atoms with Crippen molar-refractivity contribution in [3.05, 3.63) is 52.1 Å². The first-order valence-electron chi connectivity index (χ1n) is 12.8. The zero-order chi connectivity index (χ0) is 25.0. The molecule has 35 heavy (non-hydrogen) atoms. The Morgan fingerprint density at radius 2 is 1.89 bits per heavy atom. The second-order valence-electron chi connectivity index (χ2n) is 11.2. The summed E-state index contributed by atoms with van der Waals surface area (Å²) in [5, 5.41) is 9.51. The van der Waals surface area contributed by atoms with E-state index in [-0.39, 0.29) is 17.6 Å². The van der Waals surface area contributed by atoms with E-state index >= 15 is 0 Å². The van der Waals surface area contributed by atoms with Crippen LogP contribution in [0.4, 0.5) is 5.69 Å². The van der Waals surface area contributed by atoms with Crippen molar-refractivity contribution >= 4 is 17.4 Å². The third-order valence-corrected chi connectivity index (χ3v) is 7.13. The number of rotatable bonds is 6. The van der Waals surface area contributed by atoms with Crippen LogP contribution in [0.1, 0.15) is 75.3 Å². The van der Waals surface area contributed by atoms with Gasteiger partial charge in [-0.2, -0.15) is 0 Å². The third kappa shape index (κ3) is 4.51. The molecular weight excluding hydrogens is 440 g/mol. The molecule has 1 saturated heterocycles. The van der Waals surface area contributed by atoms with E-state index in [2.05, 4.69) is 44.7 Å². The van der Waals surface area contributed by atoms with Crippen LogP contribution in [-0.2, 0) is 24.1 Å². The van der Waals surface area contributed by atoms with Gasteiger partial charge in [0.2, 0.25) is 0 Å². The molecule has 0 aliphatic carbocycles. The smallest absolute Gasteiger partial charge is 0.307 e. The minimum atomic E-state index is -0.805. The van der Waals surface area contributed by atoms with Crippen LogP contribution in [0, 0.1) is 0 Å². The summed E-state index contributed by atoms with van der Waals surface area (Å²) in [4.78, 5) is 19.2. The van der Waals surface area contributed by atoms with Crippen LogP contribution in [0.15, 0.2) is 29.3 Å². The number of aliphatic carboxylic acids is 1. The maximum absolute atomic E-state index is 11.6. The van der Waals surface area contributed by atoms with Gasteiger partial charge < -0.3 is 19.5 Å². The SMILES string of the molecule is CCOc1cc2c(c3c1OC(C)(C)C3)C(c1ccc(CC(=O)O)c(N3CCCC3)c1)=NC(C)(C)C2. The van der Waals surface area contributed by atoms with Crippen LogP contribution >= 0.6 is 0 Å². The predicted molar refractivity (Wildman–Crippen MR) is 139 cm³/mol. The molecule has 0 saturated carbocycles. The number of ether oxygens (including phenoxy) is 2. The Morgan fingerprint density at radius 1 is 1.14 bits per heavy atom.